The van der Waals surface area contributed by atoms with Gasteiger partial charge in [-0.05, 0) is 20.3 Å². The van der Waals surface area contributed by atoms with E-state index in [0.717, 1.165) is 26.1 Å². The summed E-state index contributed by atoms with van der Waals surface area (Å²) < 4.78 is 5.01. The Labute approximate surface area is 74.3 Å². The first kappa shape index (κ1) is 9.96. The van der Waals surface area contributed by atoms with Crippen molar-refractivity contribution in [2.24, 2.45) is 0 Å². The van der Waals surface area contributed by atoms with Crippen molar-refractivity contribution in [2.45, 2.75) is 31.9 Å². The van der Waals surface area contributed by atoms with Crippen LogP contribution in [0, 0.1) is 0 Å². The molecule has 1 atom stereocenters. The fraction of sp³-hybridized carbons (Fsp3) is 1.00. The lowest BCUT2D eigenvalue weighted by Gasteiger charge is -2.30. The number of rotatable bonds is 3. The normalized spacial score (nSPS) is 29.5. The van der Waals surface area contributed by atoms with Crippen molar-refractivity contribution >= 4 is 0 Å². The lowest BCUT2D eigenvalue weighted by Crippen LogP contribution is -2.40. The van der Waals surface area contributed by atoms with Crippen LogP contribution in [0.5, 0.6) is 0 Å². The van der Waals surface area contributed by atoms with Gasteiger partial charge in [-0.2, -0.15) is 0 Å². The number of β-amino-alcohol motifs (C(OH)–C–C–N with tert-alkyl or cyclic N) is 1. The lowest BCUT2D eigenvalue weighted by molar-refractivity contribution is 0.106. The number of hydrogen-bond acceptors (Lipinski definition) is 3. The first-order chi connectivity index (χ1) is 5.56. The van der Waals surface area contributed by atoms with Gasteiger partial charge in [0.15, 0.2) is 0 Å². The van der Waals surface area contributed by atoms with E-state index in [-0.39, 0.29) is 11.6 Å². The molecule has 1 saturated heterocycles. The summed E-state index contributed by atoms with van der Waals surface area (Å²) in [6.45, 7) is 6.78. The molecule has 1 rings (SSSR count). The molecule has 72 valence electrons. The van der Waals surface area contributed by atoms with Gasteiger partial charge in [0.05, 0.1) is 12.7 Å². The third-order valence-corrected chi connectivity index (χ3v) is 2.59. The fourth-order valence-corrected chi connectivity index (χ4v) is 1.87. The van der Waals surface area contributed by atoms with E-state index in [0.29, 0.717) is 0 Å². The Balaban J connectivity index is 2.42. The van der Waals surface area contributed by atoms with Gasteiger partial charge in [-0.15, -0.1) is 0 Å². The Morgan fingerprint density at radius 3 is 2.67 bits per heavy atom. The number of aliphatic hydroxyl groups is 1. The third kappa shape index (κ3) is 2.19. The van der Waals surface area contributed by atoms with Crippen LogP contribution in [0.2, 0.25) is 0 Å². The molecule has 1 heterocycles. The zero-order valence-electron chi connectivity index (χ0n) is 8.21. The van der Waals surface area contributed by atoms with Crippen LogP contribution in [0.4, 0.5) is 0 Å². The molecule has 3 heteroatoms. The van der Waals surface area contributed by atoms with Crippen molar-refractivity contribution < 1.29 is 9.84 Å². The second-order valence-corrected chi connectivity index (χ2v) is 4.11. The molecular formula is C9H19NO2. The molecule has 0 bridgehead atoms. The van der Waals surface area contributed by atoms with E-state index in [1.807, 2.05) is 0 Å². The third-order valence-electron chi connectivity index (χ3n) is 2.59. The summed E-state index contributed by atoms with van der Waals surface area (Å²) in [6.07, 6.45) is 0.716. The highest BCUT2D eigenvalue weighted by atomic mass is 16.5. The molecule has 1 aliphatic rings. The topological polar surface area (TPSA) is 32.7 Å². The average molecular weight is 173 g/mol. The summed E-state index contributed by atoms with van der Waals surface area (Å²) in [6, 6.07) is 0. The van der Waals surface area contributed by atoms with Gasteiger partial charge < -0.3 is 9.84 Å². The summed E-state index contributed by atoms with van der Waals surface area (Å²) in [5.41, 5.74) is 0.137. The minimum atomic E-state index is -0.156. The average Bonchev–Trinajstić information content (AvgIpc) is 2.20. The van der Waals surface area contributed by atoms with E-state index >= 15 is 0 Å². The first-order valence-corrected chi connectivity index (χ1v) is 4.48. The molecule has 3 nitrogen and oxygen atoms in total. The number of methoxy groups -OCH3 is 1. The first-order valence-electron chi connectivity index (χ1n) is 4.48. The van der Waals surface area contributed by atoms with Crippen LogP contribution in [0.15, 0.2) is 0 Å². The van der Waals surface area contributed by atoms with Gasteiger partial charge in [-0.1, -0.05) is 0 Å². The zero-order valence-corrected chi connectivity index (χ0v) is 8.21. The molecule has 0 saturated carbocycles. The molecule has 0 spiro atoms. The number of hydrogen-bond donors (Lipinski definition) is 1. The maximum absolute atomic E-state index is 9.45. The van der Waals surface area contributed by atoms with E-state index in [1.165, 1.54) is 0 Å². The van der Waals surface area contributed by atoms with Crippen molar-refractivity contribution in [3.8, 4) is 0 Å². The smallest absolute Gasteiger partial charge is 0.0684 e. The van der Waals surface area contributed by atoms with Crippen molar-refractivity contribution in [3.05, 3.63) is 0 Å². The molecule has 0 aliphatic carbocycles. The van der Waals surface area contributed by atoms with E-state index < -0.39 is 0 Å². The minimum Gasteiger partial charge on any atom is -0.392 e. The summed E-state index contributed by atoms with van der Waals surface area (Å²) >= 11 is 0. The number of aliphatic hydroxyl groups excluding tert-OH is 1. The van der Waals surface area contributed by atoms with Gasteiger partial charge in [-0.25, -0.2) is 0 Å². The van der Waals surface area contributed by atoms with Gasteiger partial charge >= 0.3 is 0 Å². The van der Waals surface area contributed by atoms with Crippen LogP contribution in [0.25, 0.3) is 0 Å². The van der Waals surface area contributed by atoms with Crippen LogP contribution < -0.4 is 0 Å². The Hall–Kier alpha value is -0.120. The molecule has 12 heavy (non-hydrogen) atoms. The Bertz CT molecular complexity index is 147. The van der Waals surface area contributed by atoms with Gasteiger partial charge in [0, 0.05) is 25.7 Å². The highest BCUT2D eigenvalue weighted by Gasteiger charge is 2.36. The second-order valence-electron chi connectivity index (χ2n) is 4.11. The predicted molar refractivity (Wildman–Crippen MR) is 48.2 cm³/mol. The van der Waals surface area contributed by atoms with Gasteiger partial charge in [0.25, 0.3) is 0 Å². The monoisotopic (exact) mass is 173 g/mol. The Kier molecular flexibility index (Phi) is 3.09. The maximum atomic E-state index is 9.45. The van der Waals surface area contributed by atoms with Crippen LogP contribution in [-0.2, 0) is 4.74 Å². The fourth-order valence-electron chi connectivity index (χ4n) is 1.87. The quantitative estimate of drug-likeness (QED) is 0.673. The Morgan fingerprint density at radius 1 is 1.58 bits per heavy atom. The minimum absolute atomic E-state index is 0.137. The lowest BCUT2D eigenvalue weighted by atomic mass is 10.0. The van der Waals surface area contributed by atoms with Gasteiger partial charge in [0.1, 0.15) is 0 Å². The van der Waals surface area contributed by atoms with E-state index in [4.69, 9.17) is 4.74 Å². The molecule has 0 aromatic rings. The molecule has 0 aromatic heterocycles. The molecule has 1 N–H and O–H groups in total. The standard InChI is InChI=1S/C9H19NO2/c1-9(2)6-8(11)7-10(9)4-5-12-3/h8,11H,4-7H2,1-3H3. The molecule has 0 aromatic carbocycles. The van der Waals surface area contributed by atoms with Crippen molar-refractivity contribution in [1.82, 2.24) is 4.90 Å². The highest BCUT2D eigenvalue weighted by molar-refractivity contribution is 4.92. The second kappa shape index (κ2) is 3.73. The summed E-state index contributed by atoms with van der Waals surface area (Å²) in [4.78, 5) is 2.28. The van der Waals surface area contributed by atoms with E-state index in [2.05, 4.69) is 18.7 Å². The summed E-state index contributed by atoms with van der Waals surface area (Å²) in [5.74, 6) is 0. The molecule has 1 fully saturated rings. The molecule has 0 radical (unpaired) electrons. The largest absolute Gasteiger partial charge is 0.392 e. The molecule has 0 amide bonds. The van der Waals surface area contributed by atoms with Gasteiger partial charge in [0.2, 0.25) is 0 Å². The van der Waals surface area contributed by atoms with Crippen molar-refractivity contribution in [1.29, 1.82) is 0 Å². The summed E-state index contributed by atoms with van der Waals surface area (Å²) in [7, 11) is 1.71. The number of likely N-dealkylation sites (tertiary alicyclic amines) is 1. The summed E-state index contributed by atoms with van der Waals surface area (Å²) in [5, 5.41) is 9.45. The van der Waals surface area contributed by atoms with Crippen LogP contribution in [-0.4, -0.2) is 48.5 Å². The number of ether oxygens (including phenoxy) is 1. The van der Waals surface area contributed by atoms with Gasteiger partial charge in [-0.3, -0.25) is 4.90 Å². The molecule has 1 aliphatic heterocycles. The van der Waals surface area contributed by atoms with E-state index in [9.17, 15) is 5.11 Å². The maximum Gasteiger partial charge on any atom is 0.0684 e. The molecular weight excluding hydrogens is 154 g/mol. The van der Waals surface area contributed by atoms with Crippen LogP contribution in [0.1, 0.15) is 20.3 Å². The Morgan fingerprint density at radius 2 is 2.25 bits per heavy atom. The zero-order chi connectivity index (χ0) is 9.19. The van der Waals surface area contributed by atoms with Crippen LogP contribution >= 0.6 is 0 Å². The van der Waals surface area contributed by atoms with E-state index in [1.54, 1.807) is 7.11 Å². The van der Waals surface area contributed by atoms with Crippen molar-refractivity contribution in [3.63, 3.8) is 0 Å². The highest BCUT2D eigenvalue weighted by Crippen LogP contribution is 2.27. The SMILES string of the molecule is COCCN1CC(O)CC1(C)C. The van der Waals surface area contributed by atoms with Crippen molar-refractivity contribution in [2.75, 3.05) is 26.8 Å². The van der Waals surface area contributed by atoms with Crippen LogP contribution in [0.3, 0.4) is 0 Å². The molecule has 1 unspecified atom stereocenters. The number of nitrogens with zero attached hydrogens (tertiary/aromatic N) is 1. The predicted octanol–water partition coefficient (Wildman–Crippen LogP) is 0.478.